The van der Waals surface area contributed by atoms with Crippen molar-refractivity contribution in [2.45, 2.75) is 25.7 Å². The third-order valence-electron chi connectivity index (χ3n) is 3.62. The van der Waals surface area contributed by atoms with E-state index < -0.39 is 18.2 Å². The van der Waals surface area contributed by atoms with Crippen molar-refractivity contribution in [3.8, 4) is 23.1 Å². The fourth-order valence-electron chi connectivity index (χ4n) is 2.41. The standard InChI is InChI=1S/C17H14N2O6/c1-10-15(24-12-6-3-2-5-11(12)23-10)17(20)22-9-14-18-16(19-25-14)13-7-4-8-21-13/h2-8,10,15H,9H2,1H3/t10-,15-/m0/s1. The first-order valence-electron chi connectivity index (χ1n) is 7.66. The number of fused-ring (bicyclic) bond motifs is 1. The average molecular weight is 342 g/mol. The van der Waals surface area contributed by atoms with E-state index in [-0.39, 0.29) is 18.3 Å². The number of para-hydroxylation sites is 2. The van der Waals surface area contributed by atoms with Crippen LogP contribution < -0.4 is 9.47 Å². The second-order valence-corrected chi connectivity index (χ2v) is 5.40. The lowest BCUT2D eigenvalue weighted by molar-refractivity contribution is -0.159. The summed E-state index contributed by atoms with van der Waals surface area (Å²) in [6, 6.07) is 10.6. The number of furan rings is 1. The Labute approximate surface area is 142 Å². The molecule has 2 aromatic heterocycles. The summed E-state index contributed by atoms with van der Waals surface area (Å²) < 4.78 is 26.8. The Bertz CT molecular complexity index is 873. The van der Waals surface area contributed by atoms with Crippen molar-refractivity contribution in [3.05, 3.63) is 48.6 Å². The van der Waals surface area contributed by atoms with Gasteiger partial charge in [-0.15, -0.1) is 0 Å². The Morgan fingerprint density at radius 3 is 2.72 bits per heavy atom. The summed E-state index contributed by atoms with van der Waals surface area (Å²) in [5.74, 6) is 1.44. The molecule has 0 amide bonds. The minimum atomic E-state index is -0.873. The first-order chi connectivity index (χ1) is 12.2. The molecular weight excluding hydrogens is 328 g/mol. The largest absolute Gasteiger partial charge is 0.482 e. The molecule has 8 nitrogen and oxygen atoms in total. The van der Waals surface area contributed by atoms with Crippen molar-refractivity contribution >= 4 is 5.97 Å². The Hall–Kier alpha value is -3.29. The van der Waals surface area contributed by atoms with Gasteiger partial charge in [0.1, 0.15) is 6.10 Å². The monoisotopic (exact) mass is 342 g/mol. The first-order valence-corrected chi connectivity index (χ1v) is 7.66. The van der Waals surface area contributed by atoms with Crippen LogP contribution in [-0.2, 0) is 16.1 Å². The summed E-state index contributed by atoms with van der Waals surface area (Å²) in [5.41, 5.74) is 0. The van der Waals surface area contributed by atoms with Gasteiger partial charge in [0.15, 0.2) is 23.9 Å². The molecule has 0 bridgehead atoms. The van der Waals surface area contributed by atoms with Crippen molar-refractivity contribution in [2.24, 2.45) is 0 Å². The van der Waals surface area contributed by atoms with E-state index in [9.17, 15) is 4.79 Å². The number of esters is 1. The number of ether oxygens (including phenoxy) is 3. The van der Waals surface area contributed by atoms with E-state index in [4.69, 9.17) is 23.2 Å². The lowest BCUT2D eigenvalue weighted by Gasteiger charge is -2.30. The Morgan fingerprint density at radius 2 is 1.96 bits per heavy atom. The van der Waals surface area contributed by atoms with Gasteiger partial charge in [0, 0.05) is 0 Å². The van der Waals surface area contributed by atoms with Crippen LogP contribution in [0.15, 0.2) is 51.6 Å². The van der Waals surface area contributed by atoms with Gasteiger partial charge in [-0.3, -0.25) is 0 Å². The highest BCUT2D eigenvalue weighted by Gasteiger charge is 2.35. The average Bonchev–Trinajstić information content (AvgIpc) is 3.30. The summed E-state index contributed by atoms with van der Waals surface area (Å²) in [6.45, 7) is 1.57. The molecule has 1 aliphatic rings. The molecule has 0 radical (unpaired) electrons. The highest BCUT2D eigenvalue weighted by atomic mass is 16.6. The van der Waals surface area contributed by atoms with Gasteiger partial charge in [-0.1, -0.05) is 17.3 Å². The zero-order valence-electron chi connectivity index (χ0n) is 13.2. The fourth-order valence-corrected chi connectivity index (χ4v) is 2.41. The predicted octanol–water partition coefficient (Wildman–Crippen LogP) is 2.60. The van der Waals surface area contributed by atoms with Crippen molar-refractivity contribution in [3.63, 3.8) is 0 Å². The summed E-state index contributed by atoms with van der Waals surface area (Å²) in [5, 5.41) is 3.77. The zero-order chi connectivity index (χ0) is 17.2. The molecule has 0 fully saturated rings. The van der Waals surface area contributed by atoms with Crippen molar-refractivity contribution in [1.82, 2.24) is 10.1 Å². The molecule has 0 aliphatic carbocycles. The van der Waals surface area contributed by atoms with Crippen molar-refractivity contribution in [1.29, 1.82) is 0 Å². The van der Waals surface area contributed by atoms with Gasteiger partial charge >= 0.3 is 5.97 Å². The van der Waals surface area contributed by atoms with E-state index in [1.54, 1.807) is 37.3 Å². The van der Waals surface area contributed by atoms with E-state index in [0.717, 1.165) is 0 Å². The van der Waals surface area contributed by atoms with Crippen LogP contribution in [-0.4, -0.2) is 28.3 Å². The molecule has 0 saturated carbocycles. The molecule has 0 unspecified atom stereocenters. The highest BCUT2D eigenvalue weighted by Crippen LogP contribution is 2.33. The van der Waals surface area contributed by atoms with Gasteiger partial charge in [0.2, 0.25) is 11.9 Å². The maximum Gasteiger partial charge on any atom is 0.351 e. The summed E-state index contributed by atoms with van der Waals surface area (Å²) in [7, 11) is 0. The lowest BCUT2D eigenvalue weighted by Crippen LogP contribution is -2.44. The second kappa shape index (κ2) is 6.31. The molecule has 128 valence electrons. The molecule has 1 aromatic carbocycles. The van der Waals surface area contributed by atoms with Crippen LogP contribution in [0.5, 0.6) is 11.5 Å². The number of benzene rings is 1. The Morgan fingerprint density at radius 1 is 1.16 bits per heavy atom. The van der Waals surface area contributed by atoms with Gasteiger partial charge < -0.3 is 23.2 Å². The fraction of sp³-hybridized carbons (Fsp3) is 0.235. The van der Waals surface area contributed by atoms with Crippen LogP contribution >= 0.6 is 0 Å². The number of nitrogens with zero attached hydrogens (tertiary/aromatic N) is 2. The number of carbonyl (C=O) groups excluding carboxylic acids is 1. The van der Waals surface area contributed by atoms with E-state index in [2.05, 4.69) is 10.1 Å². The molecule has 3 aromatic rings. The van der Waals surface area contributed by atoms with Crippen LogP contribution in [0.4, 0.5) is 0 Å². The van der Waals surface area contributed by atoms with Crippen LogP contribution in [0.3, 0.4) is 0 Å². The van der Waals surface area contributed by atoms with E-state index in [0.29, 0.717) is 17.3 Å². The summed E-state index contributed by atoms with van der Waals surface area (Å²) in [4.78, 5) is 16.4. The minimum Gasteiger partial charge on any atom is -0.482 e. The SMILES string of the molecule is C[C@@H]1Oc2ccccc2O[C@@H]1C(=O)OCc1nc(-c2ccco2)no1. The topological polar surface area (TPSA) is 96.8 Å². The molecule has 8 heteroatoms. The van der Waals surface area contributed by atoms with E-state index >= 15 is 0 Å². The molecule has 25 heavy (non-hydrogen) atoms. The van der Waals surface area contributed by atoms with Gasteiger partial charge in [-0.05, 0) is 31.2 Å². The van der Waals surface area contributed by atoms with Crippen molar-refractivity contribution < 1.29 is 27.9 Å². The Kier molecular flexibility index (Phi) is 3.85. The number of rotatable bonds is 4. The van der Waals surface area contributed by atoms with Gasteiger partial charge in [-0.2, -0.15) is 4.98 Å². The molecule has 0 saturated heterocycles. The van der Waals surface area contributed by atoms with Crippen LogP contribution in [0.1, 0.15) is 12.8 Å². The molecule has 3 heterocycles. The lowest BCUT2D eigenvalue weighted by atomic mass is 10.2. The number of aromatic nitrogens is 2. The third kappa shape index (κ3) is 3.06. The molecule has 0 spiro atoms. The van der Waals surface area contributed by atoms with Crippen molar-refractivity contribution in [2.75, 3.05) is 0 Å². The molecule has 2 atom stereocenters. The molecule has 0 N–H and O–H groups in total. The van der Waals surface area contributed by atoms with Gasteiger partial charge in [0.25, 0.3) is 5.89 Å². The van der Waals surface area contributed by atoms with E-state index in [1.807, 2.05) is 6.07 Å². The molecular formula is C17H14N2O6. The van der Waals surface area contributed by atoms with Crippen LogP contribution in [0.2, 0.25) is 0 Å². The quantitative estimate of drug-likeness (QED) is 0.668. The third-order valence-corrected chi connectivity index (χ3v) is 3.62. The summed E-state index contributed by atoms with van der Waals surface area (Å²) in [6.07, 6.45) is 0.150. The normalized spacial score (nSPS) is 18.8. The smallest absolute Gasteiger partial charge is 0.351 e. The minimum absolute atomic E-state index is 0.157. The van der Waals surface area contributed by atoms with E-state index in [1.165, 1.54) is 6.26 Å². The predicted molar refractivity (Wildman–Crippen MR) is 82.7 cm³/mol. The van der Waals surface area contributed by atoms with Gasteiger partial charge in [0.05, 0.1) is 6.26 Å². The van der Waals surface area contributed by atoms with Crippen LogP contribution in [0, 0.1) is 0 Å². The highest BCUT2D eigenvalue weighted by molar-refractivity contribution is 5.76. The molecule has 1 aliphatic heterocycles. The van der Waals surface area contributed by atoms with Gasteiger partial charge in [-0.25, -0.2) is 4.79 Å². The maximum absolute atomic E-state index is 12.3. The zero-order valence-corrected chi connectivity index (χ0v) is 13.2. The first kappa shape index (κ1) is 15.3. The number of hydrogen-bond acceptors (Lipinski definition) is 8. The number of carbonyl (C=O) groups is 1. The summed E-state index contributed by atoms with van der Waals surface area (Å²) >= 11 is 0. The maximum atomic E-state index is 12.3. The molecule has 4 rings (SSSR count). The van der Waals surface area contributed by atoms with Crippen LogP contribution in [0.25, 0.3) is 11.6 Å². The Balaban J connectivity index is 1.39. The second-order valence-electron chi connectivity index (χ2n) is 5.40. The number of hydrogen-bond donors (Lipinski definition) is 0.